The van der Waals surface area contributed by atoms with Crippen LogP contribution in [-0.2, 0) is 13.5 Å². The summed E-state index contributed by atoms with van der Waals surface area (Å²) in [6.07, 6.45) is 5.65. The number of Topliss-reactive ketones (excluding diaryl/α,β-unsaturated/α-hetero) is 1. The maximum atomic E-state index is 13.1. The molecule has 0 bridgehead atoms. The molecule has 4 aromatic heterocycles. The van der Waals surface area contributed by atoms with Crippen LogP contribution in [0.5, 0.6) is 0 Å². The van der Waals surface area contributed by atoms with E-state index < -0.39 is 0 Å². The van der Waals surface area contributed by atoms with Gasteiger partial charge in [0.2, 0.25) is 0 Å². The van der Waals surface area contributed by atoms with Gasteiger partial charge in [0.05, 0.1) is 23.7 Å². The molecular weight excluding hydrogens is 372 g/mol. The number of nitrogens with zero attached hydrogens (tertiary/aromatic N) is 6. The Morgan fingerprint density at radius 2 is 2.18 bits per heavy atom. The van der Waals surface area contributed by atoms with E-state index in [-0.39, 0.29) is 12.2 Å². The normalized spacial score (nSPS) is 11.5. The Balaban J connectivity index is 1.67. The lowest BCUT2D eigenvalue weighted by Crippen LogP contribution is -2.07. The molecule has 138 valence electrons. The number of carbonyl (C=O) groups excluding carboxylic acids is 1. The Morgan fingerprint density at radius 3 is 3.00 bits per heavy atom. The SMILES string of the molecule is Cc1csc(CC(=O)c2cc(-c3cccc4cnn(C)c34)cn3cnnc23)n1. The number of hydrogen-bond acceptors (Lipinski definition) is 6. The van der Waals surface area contributed by atoms with Crippen LogP contribution in [-0.4, -0.2) is 35.1 Å². The van der Waals surface area contributed by atoms with Crippen LogP contribution in [0, 0.1) is 6.92 Å². The van der Waals surface area contributed by atoms with Crippen LogP contribution in [0.15, 0.2) is 48.4 Å². The number of fused-ring (bicyclic) bond motifs is 2. The Bertz CT molecular complexity index is 1350. The van der Waals surface area contributed by atoms with Gasteiger partial charge in [-0.05, 0) is 13.0 Å². The zero-order valence-corrected chi connectivity index (χ0v) is 16.1. The first-order valence-corrected chi connectivity index (χ1v) is 9.67. The molecule has 0 atom stereocenters. The Hall–Kier alpha value is -3.39. The van der Waals surface area contributed by atoms with Crippen molar-refractivity contribution in [3.05, 3.63) is 64.6 Å². The van der Waals surface area contributed by atoms with Crippen LogP contribution in [0.3, 0.4) is 0 Å². The van der Waals surface area contributed by atoms with Crippen LogP contribution in [0.2, 0.25) is 0 Å². The van der Waals surface area contributed by atoms with Crippen molar-refractivity contribution in [2.24, 2.45) is 7.05 Å². The second kappa shape index (κ2) is 6.35. The van der Waals surface area contributed by atoms with E-state index in [4.69, 9.17) is 0 Å². The van der Waals surface area contributed by atoms with Gasteiger partial charge in [-0.15, -0.1) is 21.5 Å². The van der Waals surface area contributed by atoms with Gasteiger partial charge in [0.25, 0.3) is 0 Å². The molecule has 0 fully saturated rings. The monoisotopic (exact) mass is 388 g/mol. The van der Waals surface area contributed by atoms with Gasteiger partial charge in [-0.2, -0.15) is 5.10 Å². The molecule has 0 N–H and O–H groups in total. The summed E-state index contributed by atoms with van der Waals surface area (Å²) in [7, 11) is 1.92. The van der Waals surface area contributed by atoms with Crippen molar-refractivity contribution < 1.29 is 4.79 Å². The van der Waals surface area contributed by atoms with E-state index in [2.05, 4.69) is 20.3 Å². The zero-order chi connectivity index (χ0) is 19.3. The summed E-state index contributed by atoms with van der Waals surface area (Å²) in [5.74, 6) is -0.0219. The molecule has 0 spiro atoms. The number of aryl methyl sites for hydroxylation is 2. The molecule has 0 aliphatic rings. The molecule has 0 saturated heterocycles. The fraction of sp³-hybridized carbons (Fsp3) is 0.150. The minimum atomic E-state index is -0.0219. The number of para-hydroxylation sites is 1. The number of ketones is 1. The van der Waals surface area contributed by atoms with E-state index in [9.17, 15) is 4.79 Å². The summed E-state index contributed by atoms with van der Waals surface area (Å²) >= 11 is 1.50. The first kappa shape index (κ1) is 16.8. The topological polar surface area (TPSA) is 78.0 Å². The second-order valence-electron chi connectivity index (χ2n) is 6.70. The number of pyridine rings is 1. The van der Waals surface area contributed by atoms with Gasteiger partial charge in [-0.3, -0.25) is 13.9 Å². The van der Waals surface area contributed by atoms with Gasteiger partial charge < -0.3 is 0 Å². The van der Waals surface area contributed by atoms with Gasteiger partial charge in [0, 0.05) is 40.8 Å². The summed E-state index contributed by atoms with van der Waals surface area (Å²) < 4.78 is 3.64. The average molecular weight is 388 g/mol. The lowest BCUT2D eigenvalue weighted by Gasteiger charge is -2.09. The molecule has 0 amide bonds. The van der Waals surface area contributed by atoms with Crippen LogP contribution < -0.4 is 0 Å². The number of rotatable bonds is 4. The molecule has 5 aromatic rings. The smallest absolute Gasteiger partial charge is 0.173 e. The first-order valence-electron chi connectivity index (χ1n) is 8.79. The second-order valence-corrected chi connectivity index (χ2v) is 7.64. The predicted octanol–water partition coefficient (Wildman–Crippen LogP) is 3.47. The highest BCUT2D eigenvalue weighted by Gasteiger charge is 2.18. The molecule has 7 nitrogen and oxygen atoms in total. The van der Waals surface area contributed by atoms with E-state index >= 15 is 0 Å². The highest BCUT2D eigenvalue weighted by molar-refractivity contribution is 7.09. The quantitative estimate of drug-likeness (QED) is 0.441. The van der Waals surface area contributed by atoms with E-state index in [0.717, 1.165) is 32.7 Å². The van der Waals surface area contributed by atoms with E-state index in [0.29, 0.717) is 11.2 Å². The lowest BCUT2D eigenvalue weighted by atomic mass is 10.0. The summed E-state index contributed by atoms with van der Waals surface area (Å²) in [5.41, 5.74) is 4.97. The van der Waals surface area contributed by atoms with Crippen molar-refractivity contribution in [1.82, 2.24) is 29.4 Å². The molecule has 0 saturated carbocycles. The maximum Gasteiger partial charge on any atom is 0.173 e. The Kier molecular flexibility index (Phi) is 3.80. The first-order chi connectivity index (χ1) is 13.6. The maximum absolute atomic E-state index is 13.1. The van der Waals surface area contributed by atoms with Crippen LogP contribution in [0.4, 0.5) is 0 Å². The largest absolute Gasteiger partial charge is 0.294 e. The van der Waals surface area contributed by atoms with Crippen molar-refractivity contribution in [1.29, 1.82) is 0 Å². The third-order valence-electron chi connectivity index (χ3n) is 4.74. The highest BCUT2D eigenvalue weighted by atomic mass is 32.1. The summed E-state index contributed by atoms with van der Waals surface area (Å²) in [6, 6.07) is 7.96. The zero-order valence-electron chi connectivity index (χ0n) is 15.3. The molecule has 0 aliphatic heterocycles. The third-order valence-corrected chi connectivity index (χ3v) is 5.71. The van der Waals surface area contributed by atoms with Crippen LogP contribution in [0.25, 0.3) is 27.7 Å². The molecule has 4 heterocycles. The molecule has 0 radical (unpaired) electrons. The van der Waals surface area contributed by atoms with E-state index in [1.807, 2.05) is 60.7 Å². The van der Waals surface area contributed by atoms with Crippen molar-refractivity contribution in [3.8, 4) is 11.1 Å². The molecule has 0 unspecified atom stereocenters. The van der Waals surface area contributed by atoms with E-state index in [1.54, 1.807) is 10.7 Å². The Labute approximate surface area is 164 Å². The lowest BCUT2D eigenvalue weighted by molar-refractivity contribution is 0.0994. The molecule has 0 aliphatic carbocycles. The van der Waals surface area contributed by atoms with Gasteiger partial charge in [-0.1, -0.05) is 18.2 Å². The number of benzene rings is 1. The van der Waals surface area contributed by atoms with Crippen LogP contribution in [0.1, 0.15) is 21.1 Å². The van der Waals surface area contributed by atoms with Gasteiger partial charge >= 0.3 is 0 Å². The van der Waals surface area contributed by atoms with Gasteiger partial charge in [0.1, 0.15) is 11.3 Å². The predicted molar refractivity (Wildman–Crippen MR) is 108 cm³/mol. The van der Waals surface area contributed by atoms with Crippen LogP contribution >= 0.6 is 11.3 Å². The molecule has 5 rings (SSSR count). The molecule has 1 aromatic carbocycles. The van der Waals surface area contributed by atoms with Crippen molar-refractivity contribution in [3.63, 3.8) is 0 Å². The number of aromatic nitrogens is 6. The standard InChI is InChI=1S/C20H16N6OS/c1-12-10-28-18(23-12)7-17(27)16-6-14(9-26-11-21-24-20(16)26)15-5-3-4-13-8-22-25(2)19(13)15/h3-6,8-11H,7H2,1-2H3. The number of hydrogen-bond donors (Lipinski definition) is 0. The minimum Gasteiger partial charge on any atom is -0.294 e. The van der Waals surface area contributed by atoms with Crippen molar-refractivity contribution in [2.75, 3.05) is 0 Å². The molecule has 28 heavy (non-hydrogen) atoms. The number of carbonyl (C=O) groups is 1. The van der Waals surface area contributed by atoms with Gasteiger partial charge in [-0.25, -0.2) is 4.98 Å². The Morgan fingerprint density at radius 1 is 1.29 bits per heavy atom. The summed E-state index contributed by atoms with van der Waals surface area (Å²) in [4.78, 5) is 17.5. The highest BCUT2D eigenvalue weighted by Crippen LogP contribution is 2.30. The molecular formula is C20H16N6OS. The van der Waals surface area contributed by atoms with E-state index in [1.165, 1.54) is 11.3 Å². The van der Waals surface area contributed by atoms with Crippen molar-refractivity contribution >= 4 is 33.7 Å². The summed E-state index contributed by atoms with van der Waals surface area (Å²) in [6.45, 7) is 1.93. The molecule has 8 heteroatoms. The minimum absolute atomic E-state index is 0.0219. The van der Waals surface area contributed by atoms with Gasteiger partial charge in [0.15, 0.2) is 11.4 Å². The number of thiazole rings is 1. The fourth-order valence-corrected chi connectivity index (χ4v) is 4.24. The average Bonchev–Trinajstić information content (AvgIpc) is 3.41. The van der Waals surface area contributed by atoms with Crippen molar-refractivity contribution in [2.45, 2.75) is 13.3 Å². The summed E-state index contributed by atoms with van der Waals surface area (Å²) in [5, 5.41) is 16.3. The third kappa shape index (κ3) is 2.69. The fourth-order valence-electron chi connectivity index (χ4n) is 3.47.